The van der Waals surface area contributed by atoms with Gasteiger partial charge in [-0.2, -0.15) is 20.1 Å². The molecule has 0 saturated heterocycles. The van der Waals surface area contributed by atoms with Crippen LogP contribution in [0.3, 0.4) is 0 Å². The van der Waals surface area contributed by atoms with Gasteiger partial charge >= 0.3 is 0 Å². The molecule has 114 valence electrons. The molecular weight excluding hydrogens is 292 g/mol. The normalized spacial score (nSPS) is 14.2. The monoisotopic (exact) mass is 310 g/mol. The Kier molecular flexibility index (Phi) is 4.74. The van der Waals surface area contributed by atoms with Gasteiger partial charge in [0.2, 0.25) is 11.2 Å². The topological polar surface area (TPSA) is 88.8 Å². The molecule has 0 bridgehead atoms. The fourth-order valence-corrected chi connectivity index (χ4v) is 2.29. The second-order valence-electron chi connectivity index (χ2n) is 5.63. The average Bonchev–Trinajstić information content (AvgIpc) is 2.88. The van der Waals surface area contributed by atoms with Crippen LogP contribution in [0.1, 0.15) is 27.2 Å². The molecule has 21 heavy (non-hydrogen) atoms. The van der Waals surface area contributed by atoms with E-state index >= 15 is 0 Å². The maximum atomic E-state index is 10.3. The maximum absolute atomic E-state index is 10.3. The van der Waals surface area contributed by atoms with Crippen molar-refractivity contribution in [2.75, 3.05) is 11.9 Å². The number of aromatic nitrogens is 5. The highest BCUT2D eigenvalue weighted by Crippen LogP contribution is 2.17. The van der Waals surface area contributed by atoms with E-state index in [2.05, 4.69) is 39.2 Å². The highest BCUT2D eigenvalue weighted by atomic mass is 35.5. The minimum absolute atomic E-state index is 0.0708. The van der Waals surface area contributed by atoms with Crippen molar-refractivity contribution in [1.29, 1.82) is 0 Å². The smallest absolute Gasteiger partial charge is 0.256 e. The van der Waals surface area contributed by atoms with E-state index in [1.54, 1.807) is 25.4 Å². The number of anilines is 1. The lowest BCUT2D eigenvalue weighted by Gasteiger charge is -2.25. The van der Waals surface area contributed by atoms with Crippen molar-refractivity contribution in [3.63, 3.8) is 0 Å². The zero-order chi connectivity index (χ0) is 15.5. The standard InChI is InChI=1S/C13H19ClN6O/c1-9(2)7-13(3,21)8-15-11-17-10(14)18-12(19-11)20-6-4-5-16-20/h4-6,9,21H,7-8H2,1-3H3,(H,15,17,18,19). The quantitative estimate of drug-likeness (QED) is 0.847. The van der Waals surface area contributed by atoms with Crippen molar-refractivity contribution in [2.24, 2.45) is 5.92 Å². The Labute approximate surface area is 128 Å². The fourth-order valence-electron chi connectivity index (χ4n) is 2.13. The van der Waals surface area contributed by atoms with E-state index in [-0.39, 0.29) is 5.28 Å². The Morgan fingerprint density at radius 1 is 1.38 bits per heavy atom. The number of rotatable bonds is 6. The summed E-state index contributed by atoms with van der Waals surface area (Å²) in [6.45, 7) is 6.22. The number of aliphatic hydroxyl groups is 1. The van der Waals surface area contributed by atoms with Crippen LogP contribution in [0.25, 0.3) is 5.95 Å². The summed E-state index contributed by atoms with van der Waals surface area (Å²) in [5.74, 6) is 1.03. The van der Waals surface area contributed by atoms with Crippen LogP contribution in [0.15, 0.2) is 18.5 Å². The Hall–Kier alpha value is -1.73. The van der Waals surface area contributed by atoms with E-state index < -0.39 is 5.60 Å². The average molecular weight is 311 g/mol. The summed E-state index contributed by atoms with van der Waals surface area (Å²) in [6, 6.07) is 1.76. The highest BCUT2D eigenvalue weighted by molar-refractivity contribution is 6.28. The lowest BCUT2D eigenvalue weighted by atomic mass is 9.94. The fraction of sp³-hybridized carbons (Fsp3) is 0.538. The zero-order valence-electron chi connectivity index (χ0n) is 12.3. The van der Waals surface area contributed by atoms with Crippen molar-refractivity contribution >= 4 is 17.5 Å². The molecular formula is C13H19ClN6O. The van der Waals surface area contributed by atoms with Gasteiger partial charge in [0.15, 0.2) is 0 Å². The van der Waals surface area contributed by atoms with Gasteiger partial charge in [0.05, 0.1) is 5.60 Å². The van der Waals surface area contributed by atoms with Crippen molar-refractivity contribution in [2.45, 2.75) is 32.8 Å². The van der Waals surface area contributed by atoms with E-state index in [0.717, 1.165) is 0 Å². The first-order valence-corrected chi connectivity index (χ1v) is 7.11. The molecule has 0 aromatic carbocycles. The summed E-state index contributed by atoms with van der Waals surface area (Å²) in [7, 11) is 0. The van der Waals surface area contributed by atoms with Gasteiger partial charge in [-0.1, -0.05) is 13.8 Å². The predicted octanol–water partition coefficient (Wildman–Crippen LogP) is 1.92. The highest BCUT2D eigenvalue weighted by Gasteiger charge is 2.22. The number of nitrogens with one attached hydrogen (secondary N) is 1. The largest absolute Gasteiger partial charge is 0.388 e. The van der Waals surface area contributed by atoms with E-state index in [0.29, 0.717) is 30.8 Å². The molecule has 2 rings (SSSR count). The first-order chi connectivity index (χ1) is 9.85. The molecule has 0 aliphatic heterocycles. The van der Waals surface area contributed by atoms with E-state index in [4.69, 9.17) is 11.6 Å². The molecule has 0 aliphatic rings. The second kappa shape index (κ2) is 6.36. The Morgan fingerprint density at radius 3 is 2.76 bits per heavy atom. The number of hydrogen-bond donors (Lipinski definition) is 2. The summed E-state index contributed by atoms with van der Waals surface area (Å²) in [6.07, 6.45) is 4.01. The van der Waals surface area contributed by atoms with Crippen LogP contribution in [0.5, 0.6) is 0 Å². The van der Waals surface area contributed by atoms with Crippen LogP contribution >= 0.6 is 11.6 Å². The van der Waals surface area contributed by atoms with Crippen LogP contribution in [-0.4, -0.2) is 42.0 Å². The molecule has 2 aromatic heterocycles. The van der Waals surface area contributed by atoms with Gasteiger partial charge in [-0.3, -0.25) is 0 Å². The summed E-state index contributed by atoms with van der Waals surface area (Å²) < 4.78 is 1.49. The third-order valence-electron chi connectivity index (χ3n) is 2.78. The molecule has 2 N–H and O–H groups in total. The van der Waals surface area contributed by atoms with Gasteiger partial charge in [0.1, 0.15) is 0 Å². The third kappa shape index (κ3) is 4.64. The Morgan fingerprint density at radius 2 is 2.14 bits per heavy atom. The zero-order valence-corrected chi connectivity index (χ0v) is 13.0. The minimum Gasteiger partial charge on any atom is -0.388 e. The molecule has 0 aliphatic carbocycles. The van der Waals surface area contributed by atoms with E-state index in [1.165, 1.54) is 4.68 Å². The number of nitrogens with zero attached hydrogens (tertiary/aromatic N) is 5. The molecule has 1 atom stereocenters. The molecule has 1 unspecified atom stereocenters. The SMILES string of the molecule is CC(C)CC(C)(O)CNc1nc(Cl)nc(-n2cccn2)n1. The molecule has 2 heterocycles. The molecule has 0 saturated carbocycles. The molecule has 0 amide bonds. The van der Waals surface area contributed by atoms with Gasteiger partial charge in [0, 0.05) is 18.9 Å². The van der Waals surface area contributed by atoms with Crippen LogP contribution in [0, 0.1) is 5.92 Å². The minimum atomic E-state index is -0.848. The maximum Gasteiger partial charge on any atom is 0.256 e. The Balaban J connectivity index is 2.10. The van der Waals surface area contributed by atoms with Crippen molar-refractivity contribution in [3.8, 4) is 5.95 Å². The van der Waals surface area contributed by atoms with Gasteiger partial charge in [0.25, 0.3) is 5.95 Å². The number of hydrogen-bond acceptors (Lipinski definition) is 6. The van der Waals surface area contributed by atoms with Crippen molar-refractivity contribution in [3.05, 3.63) is 23.7 Å². The van der Waals surface area contributed by atoms with E-state index in [1.807, 2.05) is 0 Å². The number of halogens is 1. The van der Waals surface area contributed by atoms with Crippen molar-refractivity contribution < 1.29 is 5.11 Å². The van der Waals surface area contributed by atoms with Crippen molar-refractivity contribution in [1.82, 2.24) is 24.7 Å². The summed E-state index contributed by atoms with van der Waals surface area (Å²) in [5, 5.41) is 17.4. The van der Waals surface area contributed by atoms with Crippen LogP contribution in [0.4, 0.5) is 5.95 Å². The Bertz CT molecular complexity index is 584. The summed E-state index contributed by atoms with van der Waals surface area (Å²) >= 11 is 5.90. The van der Waals surface area contributed by atoms with Gasteiger partial charge in [-0.25, -0.2) is 4.68 Å². The second-order valence-corrected chi connectivity index (χ2v) is 5.97. The van der Waals surface area contributed by atoms with Crippen LogP contribution in [-0.2, 0) is 0 Å². The summed E-state index contributed by atoms with van der Waals surface area (Å²) in [4.78, 5) is 12.2. The van der Waals surface area contributed by atoms with E-state index in [9.17, 15) is 5.11 Å². The molecule has 8 heteroatoms. The predicted molar refractivity (Wildman–Crippen MR) is 80.5 cm³/mol. The molecule has 0 spiro atoms. The first-order valence-electron chi connectivity index (χ1n) is 6.73. The molecule has 7 nitrogen and oxygen atoms in total. The van der Waals surface area contributed by atoms with Gasteiger partial charge in [-0.15, -0.1) is 0 Å². The molecule has 0 fully saturated rings. The third-order valence-corrected chi connectivity index (χ3v) is 2.95. The first kappa shape index (κ1) is 15.7. The molecule has 0 radical (unpaired) electrons. The van der Waals surface area contributed by atoms with Crippen LogP contribution < -0.4 is 5.32 Å². The summed E-state index contributed by atoms with van der Waals surface area (Å²) in [5.41, 5.74) is -0.848. The lowest BCUT2D eigenvalue weighted by Crippen LogP contribution is -2.35. The molecule has 2 aromatic rings. The van der Waals surface area contributed by atoms with Crippen LogP contribution in [0.2, 0.25) is 5.28 Å². The van der Waals surface area contributed by atoms with Gasteiger partial charge < -0.3 is 10.4 Å². The van der Waals surface area contributed by atoms with Gasteiger partial charge in [-0.05, 0) is 36.9 Å². The lowest BCUT2D eigenvalue weighted by molar-refractivity contribution is 0.0514.